The van der Waals surface area contributed by atoms with Crippen LogP contribution < -0.4 is 5.32 Å². The van der Waals surface area contributed by atoms with E-state index >= 15 is 0 Å². The molecule has 0 aliphatic rings. The lowest BCUT2D eigenvalue weighted by Gasteiger charge is -2.17. The van der Waals surface area contributed by atoms with Gasteiger partial charge in [-0.1, -0.05) is 12.1 Å². The maximum absolute atomic E-state index is 11.9. The largest absolute Gasteiger partial charge is 0.459 e. The average molecular weight is 257 g/mol. The van der Waals surface area contributed by atoms with Crippen molar-refractivity contribution in [3.63, 3.8) is 0 Å². The van der Waals surface area contributed by atoms with Crippen LogP contribution in [0.2, 0.25) is 0 Å². The summed E-state index contributed by atoms with van der Waals surface area (Å²) in [7, 11) is 0. The third kappa shape index (κ3) is 2.87. The zero-order chi connectivity index (χ0) is 14.0. The van der Waals surface area contributed by atoms with Crippen LogP contribution in [0.25, 0.3) is 0 Å². The number of carbonyl (C=O) groups excluding carboxylic acids is 1. The van der Waals surface area contributed by atoms with E-state index in [0.717, 1.165) is 5.56 Å². The molecule has 0 saturated heterocycles. The molecule has 3 nitrogen and oxygen atoms in total. The van der Waals surface area contributed by atoms with Crippen LogP contribution in [0.1, 0.15) is 45.8 Å². The second kappa shape index (κ2) is 5.31. The van der Waals surface area contributed by atoms with E-state index < -0.39 is 0 Å². The summed E-state index contributed by atoms with van der Waals surface area (Å²) in [6.07, 6.45) is 1.50. The summed E-state index contributed by atoms with van der Waals surface area (Å²) in [5.74, 6) is 0.156. The van der Waals surface area contributed by atoms with Crippen LogP contribution in [0, 0.1) is 20.8 Å². The lowest BCUT2D eigenvalue weighted by atomic mass is 9.96. The van der Waals surface area contributed by atoms with Crippen molar-refractivity contribution in [2.45, 2.75) is 33.7 Å². The SMILES string of the molecule is Cc1cc(C)c([C@@H](C)NC(=O)c2ccco2)cc1C. The topological polar surface area (TPSA) is 42.2 Å². The zero-order valence-electron chi connectivity index (χ0n) is 11.8. The lowest BCUT2D eigenvalue weighted by Crippen LogP contribution is -2.26. The summed E-state index contributed by atoms with van der Waals surface area (Å²) < 4.78 is 5.09. The number of nitrogens with one attached hydrogen (secondary N) is 1. The summed E-state index contributed by atoms with van der Waals surface area (Å²) in [4.78, 5) is 11.9. The molecule has 2 aromatic rings. The van der Waals surface area contributed by atoms with Crippen LogP contribution in [0.5, 0.6) is 0 Å². The molecule has 0 fully saturated rings. The van der Waals surface area contributed by atoms with Gasteiger partial charge in [0, 0.05) is 0 Å². The maximum atomic E-state index is 11.9. The number of furan rings is 1. The van der Waals surface area contributed by atoms with Crippen molar-refractivity contribution in [2.24, 2.45) is 0 Å². The van der Waals surface area contributed by atoms with E-state index in [1.54, 1.807) is 12.1 Å². The van der Waals surface area contributed by atoms with Gasteiger partial charge in [-0.3, -0.25) is 4.79 Å². The molecule has 19 heavy (non-hydrogen) atoms. The first-order valence-electron chi connectivity index (χ1n) is 6.41. The number of hydrogen-bond donors (Lipinski definition) is 1. The van der Waals surface area contributed by atoms with E-state index in [9.17, 15) is 4.79 Å². The highest BCUT2D eigenvalue weighted by atomic mass is 16.3. The van der Waals surface area contributed by atoms with Crippen molar-refractivity contribution in [3.8, 4) is 0 Å². The van der Waals surface area contributed by atoms with Crippen molar-refractivity contribution >= 4 is 5.91 Å². The summed E-state index contributed by atoms with van der Waals surface area (Å²) in [5, 5.41) is 2.95. The number of hydrogen-bond acceptors (Lipinski definition) is 2. The fraction of sp³-hybridized carbons (Fsp3) is 0.312. The minimum atomic E-state index is -0.185. The van der Waals surface area contributed by atoms with Crippen molar-refractivity contribution in [1.82, 2.24) is 5.32 Å². The van der Waals surface area contributed by atoms with Crippen molar-refractivity contribution in [1.29, 1.82) is 0 Å². The van der Waals surface area contributed by atoms with Gasteiger partial charge < -0.3 is 9.73 Å². The molecule has 2 rings (SSSR count). The minimum Gasteiger partial charge on any atom is -0.459 e. The summed E-state index contributed by atoms with van der Waals surface area (Å²) in [5.41, 5.74) is 4.84. The van der Waals surface area contributed by atoms with Gasteiger partial charge in [0.1, 0.15) is 0 Å². The van der Waals surface area contributed by atoms with Crippen LogP contribution in [0.4, 0.5) is 0 Å². The van der Waals surface area contributed by atoms with E-state index in [-0.39, 0.29) is 11.9 Å². The molecule has 1 aromatic carbocycles. The molecule has 0 radical (unpaired) electrons. The van der Waals surface area contributed by atoms with Gasteiger partial charge in [0.05, 0.1) is 12.3 Å². The Balaban J connectivity index is 2.18. The average Bonchev–Trinajstić information content (AvgIpc) is 2.87. The summed E-state index contributed by atoms with van der Waals surface area (Å²) in [6, 6.07) is 7.62. The van der Waals surface area contributed by atoms with Crippen LogP contribution >= 0.6 is 0 Å². The van der Waals surface area contributed by atoms with Crippen molar-refractivity contribution < 1.29 is 9.21 Å². The Hall–Kier alpha value is -2.03. The number of amides is 1. The van der Waals surface area contributed by atoms with Gasteiger partial charge in [-0.2, -0.15) is 0 Å². The van der Waals surface area contributed by atoms with Crippen LogP contribution in [-0.2, 0) is 0 Å². The maximum Gasteiger partial charge on any atom is 0.287 e. The smallest absolute Gasteiger partial charge is 0.287 e. The number of aryl methyl sites for hydroxylation is 3. The first kappa shape index (κ1) is 13.4. The highest BCUT2D eigenvalue weighted by Gasteiger charge is 2.15. The molecule has 0 saturated carbocycles. The molecule has 0 aliphatic carbocycles. The predicted octanol–water partition coefficient (Wildman–Crippen LogP) is 3.70. The lowest BCUT2D eigenvalue weighted by molar-refractivity contribution is 0.0912. The van der Waals surface area contributed by atoms with Gasteiger partial charge >= 0.3 is 0 Å². The molecule has 100 valence electrons. The number of benzene rings is 1. The molecular weight excluding hydrogens is 238 g/mol. The first-order chi connectivity index (χ1) is 8.99. The normalized spacial score (nSPS) is 12.2. The number of rotatable bonds is 3. The van der Waals surface area contributed by atoms with E-state index in [4.69, 9.17) is 4.42 Å². The standard InChI is InChI=1S/C16H19NO2/c1-10-8-12(3)14(9-11(10)2)13(4)17-16(18)15-6-5-7-19-15/h5-9,13H,1-4H3,(H,17,18)/t13-/m1/s1. The van der Waals surface area contributed by atoms with Gasteiger partial charge in [0.15, 0.2) is 5.76 Å². The fourth-order valence-corrected chi connectivity index (χ4v) is 2.20. The second-order valence-corrected chi connectivity index (χ2v) is 4.97. The van der Waals surface area contributed by atoms with E-state index in [1.807, 2.05) is 6.92 Å². The first-order valence-corrected chi connectivity index (χ1v) is 6.41. The van der Waals surface area contributed by atoms with Crippen molar-refractivity contribution in [2.75, 3.05) is 0 Å². The van der Waals surface area contributed by atoms with Gasteiger partial charge in [0.25, 0.3) is 5.91 Å². The Bertz CT molecular complexity index is 585. The highest BCUT2D eigenvalue weighted by molar-refractivity contribution is 5.91. The van der Waals surface area contributed by atoms with Gasteiger partial charge in [0.2, 0.25) is 0 Å². The third-order valence-electron chi connectivity index (χ3n) is 3.44. The van der Waals surface area contributed by atoms with Crippen molar-refractivity contribution in [3.05, 3.63) is 58.5 Å². The predicted molar refractivity (Wildman–Crippen MR) is 75.2 cm³/mol. The molecule has 0 spiro atoms. The molecule has 0 unspecified atom stereocenters. The van der Waals surface area contributed by atoms with Gasteiger partial charge in [-0.05, 0) is 62.1 Å². The quantitative estimate of drug-likeness (QED) is 0.911. The van der Waals surface area contributed by atoms with E-state index in [0.29, 0.717) is 5.76 Å². The monoisotopic (exact) mass is 257 g/mol. The molecule has 3 heteroatoms. The Morgan fingerprint density at radius 1 is 1.16 bits per heavy atom. The Morgan fingerprint density at radius 2 is 1.84 bits per heavy atom. The molecule has 0 aliphatic heterocycles. The fourth-order valence-electron chi connectivity index (χ4n) is 2.20. The van der Waals surface area contributed by atoms with Crippen LogP contribution in [-0.4, -0.2) is 5.91 Å². The zero-order valence-corrected chi connectivity index (χ0v) is 11.8. The van der Waals surface area contributed by atoms with Crippen LogP contribution in [0.15, 0.2) is 34.9 Å². The highest BCUT2D eigenvalue weighted by Crippen LogP contribution is 2.22. The third-order valence-corrected chi connectivity index (χ3v) is 3.44. The minimum absolute atomic E-state index is 0.0445. The molecule has 1 amide bonds. The summed E-state index contributed by atoms with van der Waals surface area (Å²) in [6.45, 7) is 8.23. The Kier molecular flexibility index (Phi) is 3.74. The van der Waals surface area contributed by atoms with Gasteiger partial charge in [-0.25, -0.2) is 0 Å². The second-order valence-electron chi connectivity index (χ2n) is 4.97. The van der Waals surface area contributed by atoms with Gasteiger partial charge in [-0.15, -0.1) is 0 Å². The van der Waals surface area contributed by atoms with E-state index in [1.165, 1.54) is 23.0 Å². The number of carbonyl (C=O) groups is 1. The Labute approximate surface area is 113 Å². The molecule has 1 aromatic heterocycles. The molecule has 0 bridgehead atoms. The van der Waals surface area contributed by atoms with E-state index in [2.05, 4.69) is 38.2 Å². The molecular formula is C16H19NO2. The van der Waals surface area contributed by atoms with Crippen LogP contribution in [0.3, 0.4) is 0 Å². The Morgan fingerprint density at radius 3 is 2.47 bits per heavy atom. The summed E-state index contributed by atoms with van der Waals surface area (Å²) >= 11 is 0. The molecule has 1 atom stereocenters. The molecule has 1 N–H and O–H groups in total. The molecule has 1 heterocycles.